The Balaban J connectivity index is 0.00000154. The number of aliphatic hydroxyl groups excluding tert-OH is 2. The van der Waals surface area contributed by atoms with Crippen molar-refractivity contribution in [3.63, 3.8) is 0 Å². The maximum absolute atomic E-state index is 9.53. The molecule has 110 valence electrons. The van der Waals surface area contributed by atoms with Crippen molar-refractivity contribution in [2.75, 3.05) is 57.0 Å². The van der Waals surface area contributed by atoms with E-state index in [1.807, 2.05) is 28.2 Å². The summed E-state index contributed by atoms with van der Waals surface area (Å²) < 4.78 is 0. The number of hydrogen-bond donors (Lipinski definition) is 2. The molecular formula is C11H24N6O2. The predicted molar refractivity (Wildman–Crippen MR) is 76.7 cm³/mol. The Hall–Kier alpha value is -1.67. The minimum Gasteiger partial charge on any atom is -0.400 e. The second kappa shape index (κ2) is 7.70. The van der Waals surface area contributed by atoms with Gasteiger partial charge in [-0.3, -0.25) is 0 Å². The van der Waals surface area contributed by atoms with Crippen LogP contribution in [-0.4, -0.2) is 73.7 Å². The minimum atomic E-state index is -0.651. The Morgan fingerprint density at radius 1 is 0.789 bits per heavy atom. The molecule has 2 N–H and O–H groups in total. The molecule has 1 aromatic heterocycles. The molecule has 8 nitrogen and oxygen atoms in total. The lowest BCUT2D eigenvalue weighted by molar-refractivity contribution is 0.193. The van der Waals surface area contributed by atoms with E-state index in [0.717, 1.165) is 7.11 Å². The zero-order chi connectivity index (χ0) is 15.2. The number of anilines is 3. The van der Waals surface area contributed by atoms with Crippen LogP contribution in [-0.2, 0) is 0 Å². The van der Waals surface area contributed by atoms with E-state index in [2.05, 4.69) is 15.0 Å². The molecule has 1 heterocycles. The molecule has 0 aliphatic heterocycles. The van der Waals surface area contributed by atoms with E-state index in [-0.39, 0.29) is 0 Å². The maximum Gasteiger partial charge on any atom is 0.233 e. The van der Waals surface area contributed by atoms with Gasteiger partial charge in [0.1, 0.15) is 6.23 Å². The Morgan fingerprint density at radius 3 is 1.37 bits per heavy atom. The summed E-state index contributed by atoms with van der Waals surface area (Å²) >= 11 is 0. The second-order valence-electron chi connectivity index (χ2n) is 4.27. The van der Waals surface area contributed by atoms with E-state index in [9.17, 15) is 5.11 Å². The highest BCUT2D eigenvalue weighted by atomic mass is 16.3. The summed E-state index contributed by atoms with van der Waals surface area (Å²) in [6.45, 7) is 1.66. The average Bonchev–Trinajstić information content (AvgIpc) is 2.39. The first-order valence-electron chi connectivity index (χ1n) is 5.79. The van der Waals surface area contributed by atoms with Gasteiger partial charge in [-0.25, -0.2) is 0 Å². The van der Waals surface area contributed by atoms with Crippen molar-refractivity contribution in [1.29, 1.82) is 0 Å². The van der Waals surface area contributed by atoms with Crippen LogP contribution < -0.4 is 14.7 Å². The van der Waals surface area contributed by atoms with Crippen LogP contribution in [0.1, 0.15) is 6.92 Å². The molecule has 0 bridgehead atoms. The Labute approximate surface area is 114 Å². The third-order valence-electron chi connectivity index (χ3n) is 2.28. The lowest BCUT2D eigenvalue weighted by atomic mass is 10.5. The predicted octanol–water partition coefficient (Wildman–Crippen LogP) is -0.613. The van der Waals surface area contributed by atoms with Crippen molar-refractivity contribution in [2.45, 2.75) is 13.2 Å². The Kier molecular flexibility index (Phi) is 7.02. The highest BCUT2D eigenvalue weighted by Crippen LogP contribution is 2.16. The molecule has 0 aromatic carbocycles. The molecule has 1 atom stereocenters. The van der Waals surface area contributed by atoms with Gasteiger partial charge in [-0.1, -0.05) is 0 Å². The quantitative estimate of drug-likeness (QED) is 0.702. The Morgan fingerprint density at radius 2 is 1.11 bits per heavy atom. The lowest BCUT2D eigenvalue weighted by Crippen LogP contribution is -2.31. The van der Waals surface area contributed by atoms with Crippen molar-refractivity contribution in [3.05, 3.63) is 0 Å². The zero-order valence-electron chi connectivity index (χ0n) is 12.7. The average molecular weight is 272 g/mol. The van der Waals surface area contributed by atoms with Gasteiger partial charge in [-0.2, -0.15) is 15.0 Å². The van der Waals surface area contributed by atoms with E-state index in [4.69, 9.17) is 5.11 Å². The number of rotatable bonds is 4. The number of nitrogens with zero attached hydrogens (tertiary/aromatic N) is 6. The van der Waals surface area contributed by atoms with Crippen molar-refractivity contribution < 1.29 is 10.2 Å². The molecule has 0 amide bonds. The van der Waals surface area contributed by atoms with E-state index in [1.54, 1.807) is 28.7 Å². The lowest BCUT2D eigenvalue weighted by Gasteiger charge is -2.23. The summed E-state index contributed by atoms with van der Waals surface area (Å²) in [6.07, 6.45) is -0.651. The summed E-state index contributed by atoms with van der Waals surface area (Å²) in [4.78, 5) is 18.0. The van der Waals surface area contributed by atoms with Crippen LogP contribution in [0.2, 0.25) is 0 Å². The summed E-state index contributed by atoms with van der Waals surface area (Å²) in [7, 11) is 10.2. The van der Waals surface area contributed by atoms with Crippen molar-refractivity contribution in [3.8, 4) is 0 Å². The van der Waals surface area contributed by atoms with E-state index >= 15 is 0 Å². The van der Waals surface area contributed by atoms with Crippen molar-refractivity contribution in [2.24, 2.45) is 0 Å². The molecule has 0 radical (unpaired) electrons. The van der Waals surface area contributed by atoms with Crippen LogP contribution in [0, 0.1) is 0 Å². The molecule has 0 fully saturated rings. The standard InChI is InChI=1S/C10H20N6O.CH4O/c1-7(17)16(6)10-12-8(14(2)3)11-9(13-10)15(4)5;1-2/h7,17H,1-6H3;2H,1H3. The molecule has 1 rings (SSSR count). The first-order valence-corrected chi connectivity index (χ1v) is 5.79. The van der Waals surface area contributed by atoms with Crippen LogP contribution >= 0.6 is 0 Å². The molecule has 0 saturated carbocycles. The highest BCUT2D eigenvalue weighted by molar-refractivity contribution is 5.44. The fourth-order valence-corrected chi connectivity index (χ4v) is 1.07. The first-order chi connectivity index (χ1) is 8.82. The van der Waals surface area contributed by atoms with Crippen LogP contribution in [0.4, 0.5) is 17.8 Å². The van der Waals surface area contributed by atoms with Gasteiger partial charge < -0.3 is 24.9 Å². The van der Waals surface area contributed by atoms with Gasteiger partial charge >= 0.3 is 0 Å². The molecule has 1 unspecified atom stereocenters. The van der Waals surface area contributed by atoms with Crippen LogP contribution in [0.3, 0.4) is 0 Å². The van der Waals surface area contributed by atoms with Crippen LogP contribution in [0.25, 0.3) is 0 Å². The van der Waals surface area contributed by atoms with Gasteiger partial charge in [-0.15, -0.1) is 0 Å². The first kappa shape index (κ1) is 17.3. The summed E-state index contributed by atoms with van der Waals surface area (Å²) in [5.74, 6) is 1.57. The summed E-state index contributed by atoms with van der Waals surface area (Å²) in [5, 5.41) is 16.5. The maximum atomic E-state index is 9.53. The van der Waals surface area contributed by atoms with E-state index in [1.165, 1.54) is 0 Å². The van der Waals surface area contributed by atoms with Gasteiger partial charge in [0.05, 0.1) is 0 Å². The smallest absolute Gasteiger partial charge is 0.233 e. The second-order valence-corrected chi connectivity index (χ2v) is 4.27. The third-order valence-corrected chi connectivity index (χ3v) is 2.28. The summed E-state index contributed by atoms with van der Waals surface area (Å²) in [6, 6.07) is 0. The monoisotopic (exact) mass is 272 g/mol. The SMILES string of the molecule is CC(O)N(C)c1nc(N(C)C)nc(N(C)C)n1.CO. The Bertz CT molecular complexity index is 357. The largest absolute Gasteiger partial charge is 0.400 e. The molecular weight excluding hydrogens is 248 g/mol. The molecule has 0 aliphatic carbocycles. The van der Waals surface area contributed by atoms with Gasteiger partial charge in [0.25, 0.3) is 0 Å². The zero-order valence-corrected chi connectivity index (χ0v) is 12.7. The van der Waals surface area contributed by atoms with Gasteiger partial charge in [0.2, 0.25) is 17.8 Å². The van der Waals surface area contributed by atoms with Gasteiger partial charge in [0.15, 0.2) is 0 Å². The van der Waals surface area contributed by atoms with Crippen LogP contribution in [0.15, 0.2) is 0 Å². The molecule has 0 saturated heterocycles. The molecule has 8 heteroatoms. The van der Waals surface area contributed by atoms with Crippen molar-refractivity contribution >= 4 is 17.8 Å². The van der Waals surface area contributed by atoms with Gasteiger partial charge in [-0.05, 0) is 6.92 Å². The summed E-state index contributed by atoms with van der Waals surface area (Å²) in [5.41, 5.74) is 0. The number of aliphatic hydroxyl groups is 2. The molecule has 1 aromatic rings. The third kappa shape index (κ3) is 4.84. The van der Waals surface area contributed by atoms with Gasteiger partial charge in [0, 0.05) is 42.3 Å². The van der Waals surface area contributed by atoms with Crippen LogP contribution in [0.5, 0.6) is 0 Å². The van der Waals surface area contributed by atoms with E-state index in [0.29, 0.717) is 17.8 Å². The fraction of sp³-hybridized carbons (Fsp3) is 0.727. The minimum absolute atomic E-state index is 0.447. The van der Waals surface area contributed by atoms with Crippen molar-refractivity contribution in [1.82, 2.24) is 15.0 Å². The molecule has 19 heavy (non-hydrogen) atoms. The molecule has 0 spiro atoms. The normalized spacial score (nSPS) is 11.2. The van der Waals surface area contributed by atoms with E-state index < -0.39 is 6.23 Å². The molecule has 0 aliphatic rings. The topological polar surface area (TPSA) is 88.9 Å². The number of hydrogen-bond acceptors (Lipinski definition) is 8. The highest BCUT2D eigenvalue weighted by Gasteiger charge is 2.15. The number of aromatic nitrogens is 3. The fourth-order valence-electron chi connectivity index (χ4n) is 1.07.